The summed E-state index contributed by atoms with van der Waals surface area (Å²) in [6, 6.07) is 2.19. The third-order valence-corrected chi connectivity index (χ3v) is 4.69. The van der Waals surface area contributed by atoms with E-state index in [-0.39, 0.29) is 6.61 Å². The SMILES string of the molecule is C/C=C/C(=O)OCC(=O)Nc1sc2c(c1C#N)CC[C@H](C)C2. The molecule has 5 nitrogen and oxygen atoms in total. The quantitative estimate of drug-likeness (QED) is 0.684. The molecule has 0 saturated heterocycles. The first-order valence-corrected chi connectivity index (χ1v) is 8.00. The third kappa shape index (κ3) is 3.74. The summed E-state index contributed by atoms with van der Waals surface area (Å²) in [7, 11) is 0. The van der Waals surface area contributed by atoms with Crippen LogP contribution in [-0.4, -0.2) is 18.5 Å². The molecule has 6 heteroatoms. The Hall–Kier alpha value is -2.13. The van der Waals surface area contributed by atoms with Crippen LogP contribution in [0.2, 0.25) is 0 Å². The van der Waals surface area contributed by atoms with E-state index in [1.165, 1.54) is 22.3 Å². The van der Waals surface area contributed by atoms with Crippen molar-refractivity contribution in [1.29, 1.82) is 5.26 Å². The molecule has 0 unspecified atom stereocenters. The summed E-state index contributed by atoms with van der Waals surface area (Å²) >= 11 is 1.45. The Bertz CT molecular complexity index is 655. The van der Waals surface area contributed by atoms with Crippen molar-refractivity contribution >= 4 is 28.2 Å². The van der Waals surface area contributed by atoms with Gasteiger partial charge in [-0.1, -0.05) is 13.0 Å². The van der Waals surface area contributed by atoms with Crippen LogP contribution >= 0.6 is 11.3 Å². The fourth-order valence-corrected chi connectivity index (χ4v) is 3.82. The van der Waals surface area contributed by atoms with Gasteiger partial charge in [0.2, 0.25) is 0 Å². The Labute approximate surface area is 133 Å². The molecule has 2 rings (SSSR count). The molecule has 0 radical (unpaired) electrons. The van der Waals surface area contributed by atoms with Gasteiger partial charge in [0.15, 0.2) is 6.61 Å². The third-order valence-electron chi connectivity index (χ3n) is 3.52. The minimum Gasteiger partial charge on any atom is -0.452 e. The van der Waals surface area contributed by atoms with Crippen LogP contribution in [0.25, 0.3) is 0 Å². The Balaban J connectivity index is 2.05. The monoisotopic (exact) mass is 318 g/mol. The maximum absolute atomic E-state index is 11.9. The number of carbonyl (C=O) groups excluding carboxylic acids is 2. The molecule has 0 saturated carbocycles. The van der Waals surface area contributed by atoms with Gasteiger partial charge in [-0.15, -0.1) is 11.3 Å². The number of nitrogens with zero attached hydrogens (tertiary/aromatic N) is 1. The highest BCUT2D eigenvalue weighted by Crippen LogP contribution is 2.39. The van der Waals surface area contributed by atoms with E-state index in [0.717, 1.165) is 24.8 Å². The van der Waals surface area contributed by atoms with E-state index in [9.17, 15) is 14.9 Å². The molecular weight excluding hydrogens is 300 g/mol. The van der Waals surface area contributed by atoms with Gasteiger partial charge in [-0.2, -0.15) is 5.26 Å². The predicted molar refractivity (Wildman–Crippen MR) is 84.6 cm³/mol. The van der Waals surface area contributed by atoms with Gasteiger partial charge in [-0.3, -0.25) is 4.79 Å². The molecule has 0 aromatic carbocycles. The van der Waals surface area contributed by atoms with Crippen molar-refractivity contribution < 1.29 is 14.3 Å². The second-order valence-corrected chi connectivity index (χ2v) is 6.43. The summed E-state index contributed by atoms with van der Waals surface area (Å²) in [5, 5.41) is 12.6. The van der Waals surface area contributed by atoms with Crippen LogP contribution in [0.1, 0.15) is 36.3 Å². The number of esters is 1. The van der Waals surface area contributed by atoms with Gasteiger partial charge in [0, 0.05) is 11.0 Å². The Morgan fingerprint density at radius 2 is 2.32 bits per heavy atom. The number of rotatable bonds is 4. The van der Waals surface area contributed by atoms with Crippen molar-refractivity contribution in [1.82, 2.24) is 0 Å². The first kappa shape index (κ1) is 16.2. The van der Waals surface area contributed by atoms with Crippen LogP contribution in [-0.2, 0) is 27.2 Å². The van der Waals surface area contributed by atoms with Gasteiger partial charge in [-0.05, 0) is 37.7 Å². The van der Waals surface area contributed by atoms with Crippen molar-refractivity contribution in [2.45, 2.75) is 33.1 Å². The smallest absolute Gasteiger partial charge is 0.330 e. The average Bonchev–Trinajstić information content (AvgIpc) is 2.81. The van der Waals surface area contributed by atoms with E-state index in [0.29, 0.717) is 16.5 Å². The number of anilines is 1. The van der Waals surface area contributed by atoms with E-state index in [4.69, 9.17) is 4.74 Å². The van der Waals surface area contributed by atoms with Gasteiger partial charge in [0.05, 0.1) is 5.56 Å². The van der Waals surface area contributed by atoms with Gasteiger partial charge in [-0.25, -0.2) is 4.79 Å². The number of nitrogens with one attached hydrogen (secondary N) is 1. The molecule has 0 bridgehead atoms. The molecular formula is C16H18N2O3S. The van der Waals surface area contributed by atoms with Crippen LogP contribution < -0.4 is 5.32 Å². The number of hydrogen-bond acceptors (Lipinski definition) is 5. The van der Waals surface area contributed by atoms with Crippen LogP contribution in [0.5, 0.6) is 0 Å². The molecule has 1 atom stereocenters. The number of hydrogen-bond donors (Lipinski definition) is 1. The van der Waals surface area contributed by atoms with Crippen molar-refractivity contribution in [3.05, 3.63) is 28.2 Å². The number of amides is 1. The highest BCUT2D eigenvalue weighted by molar-refractivity contribution is 7.16. The Morgan fingerprint density at radius 3 is 3.00 bits per heavy atom. The molecule has 1 aromatic rings. The molecule has 1 aromatic heterocycles. The van der Waals surface area contributed by atoms with E-state index >= 15 is 0 Å². The molecule has 1 heterocycles. The second kappa shape index (κ2) is 7.23. The van der Waals surface area contributed by atoms with Gasteiger partial charge in [0.25, 0.3) is 5.91 Å². The van der Waals surface area contributed by atoms with Crippen molar-refractivity contribution in [3.8, 4) is 6.07 Å². The molecule has 1 aliphatic rings. The van der Waals surface area contributed by atoms with Gasteiger partial charge < -0.3 is 10.1 Å². The molecule has 1 N–H and O–H groups in total. The number of fused-ring (bicyclic) bond motifs is 1. The minimum absolute atomic E-state index is 0.354. The lowest BCUT2D eigenvalue weighted by molar-refractivity contribution is -0.142. The zero-order valence-corrected chi connectivity index (χ0v) is 13.5. The van der Waals surface area contributed by atoms with Crippen LogP contribution in [0.3, 0.4) is 0 Å². The summed E-state index contributed by atoms with van der Waals surface area (Å²) in [5.41, 5.74) is 1.62. The molecule has 1 aliphatic carbocycles. The lowest BCUT2D eigenvalue weighted by atomic mass is 9.89. The zero-order valence-electron chi connectivity index (χ0n) is 12.6. The van der Waals surface area contributed by atoms with E-state index in [1.807, 2.05) is 0 Å². The normalized spacial score (nSPS) is 16.9. The largest absolute Gasteiger partial charge is 0.452 e. The van der Waals surface area contributed by atoms with Crippen molar-refractivity contribution in [2.75, 3.05) is 11.9 Å². The summed E-state index contributed by atoms with van der Waals surface area (Å²) in [6.07, 6.45) is 5.68. The summed E-state index contributed by atoms with van der Waals surface area (Å²) in [4.78, 5) is 24.2. The van der Waals surface area contributed by atoms with E-state index in [1.54, 1.807) is 13.0 Å². The number of nitriles is 1. The van der Waals surface area contributed by atoms with Gasteiger partial charge >= 0.3 is 5.97 Å². The van der Waals surface area contributed by atoms with Crippen molar-refractivity contribution in [2.24, 2.45) is 5.92 Å². The summed E-state index contributed by atoms with van der Waals surface area (Å²) in [6.45, 7) is 3.53. The standard InChI is InChI=1S/C16H18N2O3S/c1-3-4-15(20)21-9-14(19)18-16-12(8-17)11-6-5-10(2)7-13(11)22-16/h3-4,10H,5-7,9H2,1-2H3,(H,18,19)/b4-3+/t10-/m0/s1. The number of carbonyl (C=O) groups is 2. The Morgan fingerprint density at radius 1 is 1.55 bits per heavy atom. The first-order chi connectivity index (χ1) is 10.5. The molecule has 0 aliphatic heterocycles. The Kier molecular flexibility index (Phi) is 5.34. The molecule has 0 fully saturated rings. The maximum Gasteiger partial charge on any atom is 0.330 e. The molecule has 0 spiro atoms. The summed E-state index contributed by atoms with van der Waals surface area (Å²) in [5.74, 6) is -0.388. The minimum atomic E-state index is -0.558. The van der Waals surface area contributed by atoms with E-state index < -0.39 is 11.9 Å². The average molecular weight is 318 g/mol. The van der Waals surface area contributed by atoms with Crippen LogP contribution in [0.15, 0.2) is 12.2 Å². The number of allylic oxidation sites excluding steroid dienone is 1. The van der Waals surface area contributed by atoms with Crippen LogP contribution in [0, 0.1) is 17.2 Å². The van der Waals surface area contributed by atoms with Crippen LogP contribution in [0.4, 0.5) is 5.00 Å². The van der Waals surface area contributed by atoms with Crippen molar-refractivity contribution in [3.63, 3.8) is 0 Å². The fraction of sp³-hybridized carbons (Fsp3) is 0.438. The zero-order chi connectivity index (χ0) is 16.1. The molecule has 22 heavy (non-hydrogen) atoms. The highest BCUT2D eigenvalue weighted by atomic mass is 32.1. The maximum atomic E-state index is 11.9. The second-order valence-electron chi connectivity index (χ2n) is 5.32. The highest BCUT2D eigenvalue weighted by Gasteiger charge is 2.24. The molecule has 116 valence electrons. The lowest BCUT2D eigenvalue weighted by Crippen LogP contribution is -2.20. The number of thiophene rings is 1. The molecule has 1 amide bonds. The summed E-state index contributed by atoms with van der Waals surface area (Å²) < 4.78 is 4.79. The van der Waals surface area contributed by atoms with Gasteiger partial charge in [0.1, 0.15) is 11.1 Å². The predicted octanol–water partition coefficient (Wildman–Crippen LogP) is 2.80. The topological polar surface area (TPSA) is 79.2 Å². The first-order valence-electron chi connectivity index (χ1n) is 7.19. The lowest BCUT2D eigenvalue weighted by Gasteiger charge is -2.17. The number of ether oxygens (including phenoxy) is 1. The van der Waals surface area contributed by atoms with E-state index in [2.05, 4.69) is 18.3 Å². The fourth-order valence-electron chi connectivity index (χ4n) is 2.44.